The summed E-state index contributed by atoms with van der Waals surface area (Å²) in [6, 6.07) is 15.2. The van der Waals surface area contributed by atoms with Crippen LogP contribution in [0.25, 0.3) is 6.08 Å². The molecule has 0 radical (unpaired) electrons. The van der Waals surface area contributed by atoms with Crippen molar-refractivity contribution < 1.29 is 32.7 Å². The van der Waals surface area contributed by atoms with Crippen molar-refractivity contribution in [3.05, 3.63) is 99.1 Å². The topological polar surface area (TPSA) is 87.9 Å². The summed E-state index contributed by atoms with van der Waals surface area (Å²) in [5, 5.41) is 11.3. The normalized spacial score (nSPS) is 11.0. The Morgan fingerprint density at radius 1 is 1.06 bits per heavy atom. The van der Waals surface area contributed by atoms with Crippen LogP contribution in [0.2, 0.25) is 0 Å². The van der Waals surface area contributed by atoms with E-state index in [1.165, 1.54) is 43.5 Å². The smallest absolute Gasteiger partial charge is 0.387 e. The number of methoxy groups -OCH3 is 1. The van der Waals surface area contributed by atoms with Gasteiger partial charge >= 0.3 is 12.3 Å². The summed E-state index contributed by atoms with van der Waals surface area (Å²) >= 11 is 0. The highest BCUT2D eigenvalue weighted by molar-refractivity contribution is 6.06. The fraction of sp³-hybridized carbons (Fsp3) is 0.160. The van der Waals surface area contributed by atoms with Gasteiger partial charge < -0.3 is 14.2 Å². The van der Waals surface area contributed by atoms with Crippen molar-refractivity contribution in [2.75, 3.05) is 7.11 Å². The van der Waals surface area contributed by atoms with Crippen molar-refractivity contribution in [3.8, 4) is 17.2 Å². The molecule has 176 valence electrons. The number of ether oxygens (including phenoxy) is 3. The maximum atomic E-state index is 12.4. The Hall–Kier alpha value is -4.27. The van der Waals surface area contributed by atoms with E-state index in [1.54, 1.807) is 43.3 Å². The molecule has 34 heavy (non-hydrogen) atoms. The highest BCUT2D eigenvalue weighted by Crippen LogP contribution is 2.30. The predicted octanol–water partition coefficient (Wildman–Crippen LogP) is 5.99. The Kier molecular flexibility index (Phi) is 7.92. The molecule has 0 bridgehead atoms. The monoisotopic (exact) mass is 469 g/mol. The molecule has 0 unspecified atom stereocenters. The molecule has 0 aliphatic heterocycles. The molecule has 0 N–H and O–H groups in total. The molecule has 0 aromatic heterocycles. The average Bonchev–Trinajstić information content (AvgIpc) is 2.81. The highest BCUT2D eigenvalue weighted by atomic mass is 19.3. The Bertz CT molecular complexity index is 1210. The van der Waals surface area contributed by atoms with Crippen molar-refractivity contribution in [3.63, 3.8) is 0 Å². The van der Waals surface area contributed by atoms with Gasteiger partial charge in [-0.15, -0.1) is 0 Å². The number of nitrogens with zero attached hydrogens (tertiary/aromatic N) is 1. The van der Waals surface area contributed by atoms with Crippen LogP contribution in [0.1, 0.15) is 27.0 Å². The zero-order valence-electron chi connectivity index (χ0n) is 18.4. The summed E-state index contributed by atoms with van der Waals surface area (Å²) in [5.41, 5.74) is 2.28. The van der Waals surface area contributed by atoms with E-state index in [1.807, 2.05) is 0 Å². The van der Waals surface area contributed by atoms with Gasteiger partial charge in [0.25, 0.3) is 0 Å². The van der Waals surface area contributed by atoms with Crippen LogP contribution in [0.3, 0.4) is 0 Å². The Balaban J connectivity index is 1.75. The van der Waals surface area contributed by atoms with Gasteiger partial charge in [-0.3, -0.25) is 14.9 Å². The minimum Gasteiger partial charge on any atom is -0.496 e. The summed E-state index contributed by atoms with van der Waals surface area (Å²) in [7, 11) is 1.49. The summed E-state index contributed by atoms with van der Waals surface area (Å²) in [4.78, 5) is 23.2. The number of nitro benzene ring substituents is 1. The van der Waals surface area contributed by atoms with Crippen LogP contribution < -0.4 is 14.2 Å². The quantitative estimate of drug-likeness (QED) is 0.157. The number of hydrogen-bond donors (Lipinski definition) is 0. The first-order valence-corrected chi connectivity index (χ1v) is 10.1. The van der Waals surface area contributed by atoms with E-state index >= 15 is 0 Å². The Morgan fingerprint density at radius 2 is 1.79 bits per heavy atom. The number of carbonyl (C=O) groups excluding carboxylic acids is 1. The molecule has 0 aliphatic rings. The number of halogens is 2. The first-order chi connectivity index (χ1) is 16.3. The zero-order chi connectivity index (χ0) is 24.7. The SMILES string of the molecule is COc1ccc(/C=C/C(=O)c2ccc(OC(F)F)cc2)cc1COc1cc(C)ccc1[N+](=O)[O-]. The third-order valence-corrected chi connectivity index (χ3v) is 4.79. The first kappa shape index (κ1) is 24.4. The third kappa shape index (κ3) is 6.38. The van der Waals surface area contributed by atoms with Crippen LogP contribution in [0.15, 0.2) is 66.7 Å². The minimum atomic E-state index is -2.94. The fourth-order valence-electron chi connectivity index (χ4n) is 3.13. The van der Waals surface area contributed by atoms with Gasteiger partial charge in [0.05, 0.1) is 12.0 Å². The van der Waals surface area contributed by atoms with E-state index in [4.69, 9.17) is 9.47 Å². The largest absolute Gasteiger partial charge is 0.496 e. The molecular weight excluding hydrogens is 448 g/mol. The molecule has 7 nitrogen and oxygen atoms in total. The second kappa shape index (κ2) is 11.0. The lowest BCUT2D eigenvalue weighted by atomic mass is 10.1. The zero-order valence-corrected chi connectivity index (χ0v) is 18.4. The average molecular weight is 469 g/mol. The van der Waals surface area contributed by atoms with Crippen LogP contribution in [0.5, 0.6) is 17.2 Å². The lowest BCUT2D eigenvalue weighted by molar-refractivity contribution is -0.386. The maximum Gasteiger partial charge on any atom is 0.387 e. The van der Waals surface area contributed by atoms with Gasteiger partial charge in [-0.1, -0.05) is 18.2 Å². The standard InChI is InChI=1S/C25H21F2NO6/c1-16-3-10-21(28(30)31)24(13-16)33-15-19-14-17(5-12-23(19)32-2)4-11-22(29)18-6-8-20(9-7-18)34-25(26)27/h3-14,25H,15H2,1-2H3/b11-4+. The fourth-order valence-corrected chi connectivity index (χ4v) is 3.13. The number of allylic oxidation sites excluding steroid dienone is 1. The van der Waals surface area contributed by atoms with E-state index in [-0.39, 0.29) is 29.6 Å². The van der Waals surface area contributed by atoms with Crippen LogP contribution in [0.4, 0.5) is 14.5 Å². The van der Waals surface area contributed by atoms with E-state index in [9.17, 15) is 23.7 Å². The molecule has 0 heterocycles. The van der Waals surface area contributed by atoms with Crippen molar-refractivity contribution in [2.24, 2.45) is 0 Å². The van der Waals surface area contributed by atoms with Gasteiger partial charge in [0.2, 0.25) is 0 Å². The molecule has 9 heteroatoms. The second-order valence-electron chi connectivity index (χ2n) is 7.19. The number of benzene rings is 3. The van der Waals surface area contributed by atoms with Gasteiger partial charge in [-0.2, -0.15) is 8.78 Å². The van der Waals surface area contributed by atoms with Gasteiger partial charge in [0.15, 0.2) is 11.5 Å². The van der Waals surface area contributed by atoms with Crippen LogP contribution in [-0.4, -0.2) is 24.4 Å². The third-order valence-electron chi connectivity index (χ3n) is 4.79. The molecule has 0 saturated carbocycles. The van der Waals surface area contributed by atoms with Gasteiger partial charge in [0.1, 0.15) is 18.1 Å². The van der Waals surface area contributed by atoms with Gasteiger partial charge in [-0.25, -0.2) is 0 Å². The lowest BCUT2D eigenvalue weighted by Gasteiger charge is -2.12. The van der Waals surface area contributed by atoms with E-state index in [0.29, 0.717) is 22.4 Å². The lowest BCUT2D eigenvalue weighted by Crippen LogP contribution is -2.02. The van der Waals surface area contributed by atoms with E-state index in [0.717, 1.165) is 5.56 Å². The molecule has 0 amide bonds. The molecular formula is C25H21F2NO6. The number of rotatable bonds is 10. The minimum absolute atomic E-state index is 0.00862. The summed E-state index contributed by atoms with van der Waals surface area (Å²) < 4.78 is 39.8. The molecule has 3 rings (SSSR count). The number of aryl methyl sites for hydroxylation is 1. The van der Waals surface area contributed by atoms with Crippen molar-refractivity contribution in [1.29, 1.82) is 0 Å². The number of hydrogen-bond acceptors (Lipinski definition) is 6. The number of carbonyl (C=O) groups is 1. The molecule has 3 aromatic rings. The van der Waals surface area contributed by atoms with E-state index < -0.39 is 11.5 Å². The first-order valence-electron chi connectivity index (χ1n) is 10.1. The van der Waals surface area contributed by atoms with Crippen molar-refractivity contribution in [1.82, 2.24) is 0 Å². The second-order valence-corrected chi connectivity index (χ2v) is 7.19. The highest BCUT2D eigenvalue weighted by Gasteiger charge is 2.16. The molecule has 0 atom stereocenters. The Labute approximate surface area is 194 Å². The van der Waals surface area contributed by atoms with Gasteiger partial charge in [0, 0.05) is 17.2 Å². The van der Waals surface area contributed by atoms with Crippen LogP contribution >= 0.6 is 0 Å². The van der Waals surface area contributed by atoms with Crippen LogP contribution in [0, 0.1) is 17.0 Å². The summed E-state index contributed by atoms with van der Waals surface area (Å²) in [6.07, 6.45) is 2.94. The molecule has 0 aliphatic carbocycles. The molecule has 0 spiro atoms. The summed E-state index contributed by atoms with van der Waals surface area (Å²) in [5.74, 6) is 0.299. The number of alkyl halides is 2. The predicted molar refractivity (Wildman–Crippen MR) is 122 cm³/mol. The van der Waals surface area contributed by atoms with E-state index in [2.05, 4.69) is 4.74 Å². The Morgan fingerprint density at radius 3 is 2.44 bits per heavy atom. The molecule has 0 fully saturated rings. The van der Waals surface area contributed by atoms with Crippen molar-refractivity contribution >= 4 is 17.5 Å². The van der Waals surface area contributed by atoms with Crippen molar-refractivity contribution in [2.45, 2.75) is 20.1 Å². The maximum absolute atomic E-state index is 12.4. The number of nitro groups is 1. The number of ketones is 1. The summed E-state index contributed by atoms with van der Waals surface area (Å²) in [6.45, 7) is -1.13. The molecule has 3 aromatic carbocycles. The molecule has 0 saturated heterocycles. The van der Waals surface area contributed by atoms with Crippen LogP contribution in [-0.2, 0) is 6.61 Å². The van der Waals surface area contributed by atoms with Gasteiger partial charge in [-0.05, 0) is 66.6 Å².